The number of pyridine rings is 1. The van der Waals surface area contributed by atoms with Gasteiger partial charge in [-0.1, -0.05) is 18.2 Å². The Morgan fingerprint density at radius 1 is 0.800 bits per heavy atom. The molecule has 0 atom stereocenters. The van der Waals surface area contributed by atoms with E-state index in [9.17, 15) is 8.42 Å². The van der Waals surface area contributed by atoms with Crippen LogP contribution in [-0.2, 0) is 16.8 Å². The van der Waals surface area contributed by atoms with Crippen LogP contribution in [0.25, 0.3) is 11.6 Å². The van der Waals surface area contributed by atoms with Crippen molar-refractivity contribution in [2.75, 3.05) is 31.3 Å². The number of para-hydroxylation sites is 2. The summed E-state index contributed by atoms with van der Waals surface area (Å²) >= 11 is 1.51. The highest BCUT2D eigenvalue weighted by Crippen LogP contribution is 2.41. The Bertz CT molecular complexity index is 1800. The number of benzene rings is 1. The third-order valence-electron chi connectivity index (χ3n) is 5.68. The van der Waals surface area contributed by atoms with Gasteiger partial charge < -0.3 is 18.9 Å². The van der Waals surface area contributed by atoms with Gasteiger partial charge in [-0.25, -0.2) is 24.9 Å². The molecule has 0 radical (unpaired) electrons. The highest BCUT2D eigenvalue weighted by molar-refractivity contribution is 7.98. The molecule has 45 heavy (non-hydrogen) atoms. The van der Waals surface area contributed by atoms with Crippen molar-refractivity contribution >= 4 is 27.8 Å². The molecule has 0 aliphatic rings. The second-order valence-electron chi connectivity index (χ2n) is 8.71. The van der Waals surface area contributed by atoms with E-state index in [2.05, 4.69) is 44.3 Å². The van der Waals surface area contributed by atoms with E-state index in [4.69, 9.17) is 18.9 Å². The SMILES string of the molecule is COc1ccccc1Oc1c(NS(=O)(=O)NCc2ccccn2)nc(-c2ncccn2)nc1OCCOc1ncc(SC)cn1. The van der Waals surface area contributed by atoms with Crippen molar-refractivity contribution in [3.63, 3.8) is 0 Å². The Balaban J connectivity index is 1.48. The number of ether oxygens (including phenoxy) is 4. The molecule has 1 aromatic carbocycles. The van der Waals surface area contributed by atoms with Crippen LogP contribution in [0.2, 0.25) is 0 Å². The van der Waals surface area contributed by atoms with Crippen molar-refractivity contribution in [2.45, 2.75) is 11.4 Å². The summed E-state index contributed by atoms with van der Waals surface area (Å²) < 4.78 is 54.5. The zero-order valence-electron chi connectivity index (χ0n) is 24.0. The van der Waals surface area contributed by atoms with Crippen molar-refractivity contribution in [2.24, 2.45) is 0 Å². The van der Waals surface area contributed by atoms with Crippen LogP contribution in [0.15, 0.2) is 84.4 Å². The van der Waals surface area contributed by atoms with Crippen LogP contribution in [-0.4, -0.2) is 69.9 Å². The molecule has 4 heterocycles. The van der Waals surface area contributed by atoms with Gasteiger partial charge in [-0.15, -0.1) is 11.8 Å². The maximum absolute atomic E-state index is 13.2. The van der Waals surface area contributed by atoms with E-state index in [0.717, 1.165) is 4.90 Å². The summed E-state index contributed by atoms with van der Waals surface area (Å²) in [4.78, 5) is 30.6. The first-order valence-electron chi connectivity index (χ1n) is 13.2. The summed E-state index contributed by atoms with van der Waals surface area (Å²) in [5.74, 6) is 0.182. The first-order chi connectivity index (χ1) is 21.9. The summed E-state index contributed by atoms with van der Waals surface area (Å²) in [6.45, 7) is -0.105. The van der Waals surface area contributed by atoms with Gasteiger partial charge in [0.2, 0.25) is 11.6 Å². The molecule has 0 unspecified atom stereocenters. The predicted molar refractivity (Wildman–Crippen MR) is 165 cm³/mol. The number of nitrogens with zero attached hydrogens (tertiary/aromatic N) is 7. The van der Waals surface area contributed by atoms with Gasteiger partial charge >= 0.3 is 16.2 Å². The monoisotopic (exact) mass is 649 g/mol. The minimum absolute atomic E-state index is 0.0284. The van der Waals surface area contributed by atoms with Gasteiger partial charge in [0.05, 0.1) is 19.3 Å². The van der Waals surface area contributed by atoms with Crippen LogP contribution in [0.1, 0.15) is 5.69 Å². The molecular formula is C28H27N9O6S2. The second kappa shape index (κ2) is 15.0. The first-order valence-corrected chi connectivity index (χ1v) is 15.9. The number of thioether (sulfide) groups is 1. The Hall–Kier alpha value is -5.13. The molecule has 15 nitrogen and oxygen atoms in total. The van der Waals surface area contributed by atoms with Gasteiger partial charge in [0.25, 0.3) is 5.88 Å². The Morgan fingerprint density at radius 3 is 2.22 bits per heavy atom. The third kappa shape index (κ3) is 8.71. The molecule has 0 saturated heterocycles. The largest absolute Gasteiger partial charge is 0.493 e. The molecule has 2 N–H and O–H groups in total. The number of rotatable bonds is 15. The fourth-order valence-corrected chi connectivity index (χ4v) is 4.73. The van der Waals surface area contributed by atoms with E-state index >= 15 is 0 Å². The van der Waals surface area contributed by atoms with E-state index in [1.807, 2.05) is 6.26 Å². The molecule has 232 valence electrons. The fourth-order valence-electron chi connectivity index (χ4n) is 3.61. The quantitative estimate of drug-likeness (QED) is 0.124. The molecule has 4 aromatic heterocycles. The number of hydrogen-bond acceptors (Lipinski definition) is 14. The van der Waals surface area contributed by atoms with E-state index < -0.39 is 10.2 Å². The molecule has 0 bridgehead atoms. The summed E-state index contributed by atoms with van der Waals surface area (Å²) in [6, 6.07) is 13.7. The van der Waals surface area contributed by atoms with Crippen LogP contribution >= 0.6 is 11.8 Å². The number of aromatic nitrogens is 7. The fraction of sp³-hybridized carbons (Fsp3) is 0.179. The minimum Gasteiger partial charge on any atom is -0.493 e. The lowest BCUT2D eigenvalue weighted by molar-refractivity contribution is 0.197. The Morgan fingerprint density at radius 2 is 1.51 bits per heavy atom. The topological polar surface area (TPSA) is 185 Å². The van der Waals surface area contributed by atoms with Gasteiger partial charge in [0.15, 0.2) is 23.1 Å². The molecule has 0 saturated carbocycles. The van der Waals surface area contributed by atoms with Gasteiger partial charge in [0.1, 0.15) is 13.2 Å². The predicted octanol–water partition coefficient (Wildman–Crippen LogP) is 3.55. The highest BCUT2D eigenvalue weighted by atomic mass is 32.2. The smallest absolute Gasteiger partial charge is 0.316 e. The standard InChI is InChI=1S/C28H27N9O6S2/c1-40-21-9-3-4-10-22(21)43-23-24(37-45(38,39)34-16-19-8-5-6-11-29-19)35-26(25-30-12-7-13-31-25)36-27(23)41-14-15-42-28-32-17-20(44-2)18-33-28/h3-13,17-18,34H,14-16H2,1-2H3,(H,35,36,37). The molecule has 0 spiro atoms. The highest BCUT2D eigenvalue weighted by Gasteiger charge is 2.25. The summed E-state index contributed by atoms with van der Waals surface area (Å²) in [5, 5.41) is 0. The van der Waals surface area contributed by atoms with Crippen LogP contribution in [0, 0.1) is 0 Å². The Labute approximate surface area is 263 Å². The van der Waals surface area contributed by atoms with Crippen LogP contribution < -0.4 is 28.4 Å². The lowest BCUT2D eigenvalue weighted by Gasteiger charge is -2.18. The van der Waals surface area contributed by atoms with Gasteiger partial charge in [0, 0.05) is 35.9 Å². The number of anilines is 1. The summed E-state index contributed by atoms with van der Waals surface area (Å²) in [5.41, 5.74) is 0.505. The molecule has 0 aliphatic carbocycles. The average molecular weight is 650 g/mol. The van der Waals surface area contributed by atoms with Crippen molar-refractivity contribution in [1.82, 2.24) is 39.6 Å². The van der Waals surface area contributed by atoms with Crippen molar-refractivity contribution in [3.05, 3.63) is 85.2 Å². The van der Waals surface area contributed by atoms with Gasteiger partial charge in [-0.05, 0) is 36.6 Å². The first kappa shape index (κ1) is 31.3. The maximum Gasteiger partial charge on any atom is 0.316 e. The lowest BCUT2D eigenvalue weighted by Crippen LogP contribution is -2.30. The number of hydrogen-bond donors (Lipinski definition) is 2. The molecule has 0 fully saturated rings. The molecule has 0 aliphatic heterocycles. The van der Waals surface area contributed by atoms with Gasteiger partial charge in [-0.3, -0.25) is 9.71 Å². The molecule has 0 amide bonds. The van der Waals surface area contributed by atoms with Crippen molar-refractivity contribution < 1.29 is 27.4 Å². The van der Waals surface area contributed by atoms with E-state index in [1.54, 1.807) is 67.1 Å². The van der Waals surface area contributed by atoms with E-state index in [1.165, 1.54) is 31.3 Å². The van der Waals surface area contributed by atoms with Crippen LogP contribution in [0.4, 0.5) is 5.82 Å². The molecule has 5 aromatic rings. The molecule has 5 rings (SSSR count). The average Bonchev–Trinajstić information content (AvgIpc) is 3.08. The Kier molecular flexibility index (Phi) is 10.5. The summed E-state index contributed by atoms with van der Waals surface area (Å²) in [7, 11) is -2.75. The zero-order valence-corrected chi connectivity index (χ0v) is 25.7. The van der Waals surface area contributed by atoms with Gasteiger partial charge in [-0.2, -0.15) is 18.1 Å². The molecule has 17 heteroatoms. The van der Waals surface area contributed by atoms with Crippen LogP contribution in [0.5, 0.6) is 29.1 Å². The molecular weight excluding hydrogens is 622 g/mol. The minimum atomic E-state index is -4.23. The number of nitrogens with one attached hydrogen (secondary N) is 2. The normalized spacial score (nSPS) is 11.1. The van der Waals surface area contributed by atoms with Crippen molar-refractivity contribution in [1.29, 1.82) is 0 Å². The lowest BCUT2D eigenvalue weighted by atomic mass is 10.3. The van der Waals surface area contributed by atoms with E-state index in [0.29, 0.717) is 11.4 Å². The maximum atomic E-state index is 13.2. The van der Waals surface area contributed by atoms with Crippen LogP contribution in [0.3, 0.4) is 0 Å². The zero-order chi connectivity index (χ0) is 31.5. The second-order valence-corrected chi connectivity index (χ2v) is 11.1. The third-order valence-corrected chi connectivity index (χ3v) is 7.34. The van der Waals surface area contributed by atoms with Crippen molar-refractivity contribution in [3.8, 4) is 40.8 Å². The van der Waals surface area contributed by atoms with E-state index in [-0.39, 0.29) is 60.6 Å². The number of methoxy groups -OCH3 is 1. The summed E-state index contributed by atoms with van der Waals surface area (Å²) in [6.07, 6.45) is 9.76.